The van der Waals surface area contributed by atoms with E-state index >= 15 is 0 Å². The van der Waals surface area contributed by atoms with Crippen LogP contribution in [-0.4, -0.2) is 0 Å². The van der Waals surface area contributed by atoms with Gasteiger partial charge in [0.2, 0.25) is 0 Å². The smallest absolute Gasteiger partial charge is 0.0249 e. The molecule has 26 heavy (non-hydrogen) atoms. The van der Waals surface area contributed by atoms with Crippen LogP contribution in [0.3, 0.4) is 0 Å². The van der Waals surface area contributed by atoms with Crippen molar-refractivity contribution in [3.05, 3.63) is 81.9 Å². The van der Waals surface area contributed by atoms with Gasteiger partial charge in [-0.15, -0.1) is 0 Å². The molecule has 2 aliphatic carbocycles. The van der Waals surface area contributed by atoms with Crippen molar-refractivity contribution in [1.82, 2.24) is 0 Å². The lowest BCUT2D eigenvalue weighted by atomic mass is 9.99. The van der Waals surface area contributed by atoms with Crippen LogP contribution in [0, 0.1) is 49.4 Å². The summed E-state index contributed by atoms with van der Waals surface area (Å²) >= 11 is 0. The second-order valence-electron chi connectivity index (χ2n) is 7.61. The van der Waals surface area contributed by atoms with Gasteiger partial charge in [-0.25, -0.2) is 0 Å². The second-order valence-corrected chi connectivity index (χ2v) is 7.61. The van der Waals surface area contributed by atoms with Gasteiger partial charge in [-0.3, -0.25) is 0 Å². The Bertz CT molecular complexity index is 858. The van der Waals surface area contributed by atoms with E-state index in [1.165, 1.54) is 48.0 Å². The van der Waals surface area contributed by atoms with E-state index in [9.17, 15) is 0 Å². The van der Waals surface area contributed by atoms with Gasteiger partial charge in [-0.05, 0) is 75.6 Å². The predicted molar refractivity (Wildman–Crippen MR) is 109 cm³/mol. The first-order valence-corrected chi connectivity index (χ1v) is 9.60. The average Bonchev–Trinajstić information content (AvgIpc) is 3.54. The van der Waals surface area contributed by atoms with Crippen molar-refractivity contribution in [3.8, 4) is 23.7 Å². The molecule has 0 heterocycles. The van der Waals surface area contributed by atoms with Crippen LogP contribution in [0.4, 0.5) is 0 Å². The van der Waals surface area contributed by atoms with Crippen LogP contribution >= 0.6 is 0 Å². The van der Waals surface area contributed by atoms with E-state index in [0.29, 0.717) is 11.8 Å². The average molecular weight is 336 g/mol. The first-order chi connectivity index (χ1) is 12.7. The van der Waals surface area contributed by atoms with Gasteiger partial charge >= 0.3 is 0 Å². The standard InChI is InChI=1S/C26H24/c1-19-3-7-21(8-4-19)11-17-25(23-13-14-23)26(24-15-16-24)18-12-22-9-5-20(2)6-10-22/h3-10,23-24H,13-16H2,1-2H3/b26-25+. The molecule has 2 aromatic carbocycles. The number of benzene rings is 2. The number of allylic oxidation sites excluding steroid dienone is 2. The molecule has 0 heteroatoms. The SMILES string of the molecule is Cc1ccc(C#C/C(=C(/C#Cc2ccc(C)cc2)C2CC2)C2CC2)cc1. The molecule has 0 aliphatic heterocycles. The molecule has 0 N–H and O–H groups in total. The van der Waals surface area contributed by atoms with E-state index in [-0.39, 0.29) is 0 Å². The van der Waals surface area contributed by atoms with E-state index in [2.05, 4.69) is 86.1 Å². The maximum absolute atomic E-state index is 3.51. The highest BCUT2D eigenvalue weighted by Crippen LogP contribution is 2.44. The molecule has 2 fully saturated rings. The number of aryl methyl sites for hydroxylation is 2. The molecule has 0 saturated heterocycles. The highest BCUT2D eigenvalue weighted by Gasteiger charge is 2.33. The summed E-state index contributed by atoms with van der Waals surface area (Å²) in [5.74, 6) is 15.1. The Morgan fingerprint density at radius 1 is 0.615 bits per heavy atom. The van der Waals surface area contributed by atoms with Crippen LogP contribution in [-0.2, 0) is 0 Å². The molecule has 0 bridgehead atoms. The van der Waals surface area contributed by atoms with Crippen molar-refractivity contribution in [2.45, 2.75) is 39.5 Å². The molecular weight excluding hydrogens is 312 g/mol. The van der Waals surface area contributed by atoms with Gasteiger partial charge in [-0.2, -0.15) is 0 Å². The third-order valence-corrected chi connectivity index (χ3v) is 5.05. The molecule has 0 nitrogen and oxygen atoms in total. The van der Waals surface area contributed by atoms with Gasteiger partial charge in [-0.1, -0.05) is 59.1 Å². The van der Waals surface area contributed by atoms with E-state index in [1.807, 2.05) is 0 Å². The van der Waals surface area contributed by atoms with Crippen molar-refractivity contribution < 1.29 is 0 Å². The van der Waals surface area contributed by atoms with Crippen molar-refractivity contribution in [2.75, 3.05) is 0 Å². The summed E-state index contributed by atoms with van der Waals surface area (Å²) in [4.78, 5) is 0. The Morgan fingerprint density at radius 2 is 0.962 bits per heavy atom. The van der Waals surface area contributed by atoms with Crippen LogP contribution in [0.15, 0.2) is 59.7 Å². The summed E-state index contributed by atoms with van der Waals surface area (Å²) in [6.45, 7) is 4.22. The Hall–Kier alpha value is -2.70. The minimum atomic E-state index is 0.635. The van der Waals surface area contributed by atoms with Gasteiger partial charge < -0.3 is 0 Å². The quantitative estimate of drug-likeness (QED) is 0.606. The molecule has 2 aliphatic rings. The lowest BCUT2D eigenvalue weighted by Gasteiger charge is -2.03. The largest absolute Gasteiger partial charge is 0.0648 e. The van der Waals surface area contributed by atoms with Crippen LogP contribution in [0.1, 0.15) is 47.9 Å². The zero-order chi connectivity index (χ0) is 17.9. The molecule has 4 rings (SSSR count). The fourth-order valence-electron chi connectivity index (χ4n) is 3.08. The highest BCUT2D eigenvalue weighted by atomic mass is 14.4. The molecule has 2 saturated carbocycles. The summed E-state index contributed by atoms with van der Waals surface area (Å²) in [6, 6.07) is 17.0. The fourth-order valence-corrected chi connectivity index (χ4v) is 3.08. The fraction of sp³-hybridized carbons (Fsp3) is 0.308. The second kappa shape index (κ2) is 7.27. The Labute approximate surface area is 157 Å². The summed E-state index contributed by atoms with van der Waals surface area (Å²) in [6.07, 6.45) is 5.06. The van der Waals surface area contributed by atoms with E-state index in [4.69, 9.17) is 0 Å². The first-order valence-electron chi connectivity index (χ1n) is 9.60. The predicted octanol–water partition coefficient (Wildman–Crippen LogP) is 5.82. The summed E-state index contributed by atoms with van der Waals surface area (Å²) < 4.78 is 0. The lowest BCUT2D eigenvalue weighted by Crippen LogP contribution is -1.94. The molecule has 128 valence electrons. The zero-order valence-corrected chi connectivity index (χ0v) is 15.6. The normalized spacial score (nSPS) is 16.7. The first kappa shape index (κ1) is 16.8. The topological polar surface area (TPSA) is 0 Å². The van der Waals surface area contributed by atoms with Crippen molar-refractivity contribution >= 4 is 0 Å². The molecular formula is C26H24. The molecule has 0 atom stereocenters. The molecule has 0 aromatic heterocycles. The number of hydrogen-bond donors (Lipinski definition) is 0. The highest BCUT2D eigenvalue weighted by molar-refractivity contribution is 5.53. The van der Waals surface area contributed by atoms with Crippen LogP contribution in [0.2, 0.25) is 0 Å². The van der Waals surface area contributed by atoms with Crippen molar-refractivity contribution in [2.24, 2.45) is 11.8 Å². The monoisotopic (exact) mass is 336 g/mol. The number of hydrogen-bond acceptors (Lipinski definition) is 0. The van der Waals surface area contributed by atoms with Crippen molar-refractivity contribution in [1.29, 1.82) is 0 Å². The third-order valence-electron chi connectivity index (χ3n) is 5.05. The molecule has 2 aromatic rings. The van der Waals surface area contributed by atoms with E-state index < -0.39 is 0 Å². The summed E-state index contributed by atoms with van der Waals surface area (Å²) in [5.41, 5.74) is 7.36. The van der Waals surface area contributed by atoms with Crippen LogP contribution in [0.5, 0.6) is 0 Å². The molecule has 0 amide bonds. The molecule has 0 unspecified atom stereocenters. The van der Waals surface area contributed by atoms with E-state index in [0.717, 1.165) is 11.1 Å². The van der Waals surface area contributed by atoms with E-state index in [1.54, 1.807) is 0 Å². The minimum Gasteiger partial charge on any atom is -0.0648 e. The maximum atomic E-state index is 3.51. The Balaban J connectivity index is 1.68. The Morgan fingerprint density at radius 3 is 1.27 bits per heavy atom. The maximum Gasteiger partial charge on any atom is 0.0249 e. The van der Waals surface area contributed by atoms with Gasteiger partial charge in [0.25, 0.3) is 0 Å². The molecule has 0 radical (unpaired) electrons. The third kappa shape index (κ3) is 4.28. The molecule has 0 spiro atoms. The lowest BCUT2D eigenvalue weighted by molar-refractivity contribution is 0.969. The van der Waals surface area contributed by atoms with Gasteiger partial charge in [0.1, 0.15) is 0 Å². The van der Waals surface area contributed by atoms with Gasteiger partial charge in [0.15, 0.2) is 0 Å². The zero-order valence-electron chi connectivity index (χ0n) is 15.6. The summed E-state index contributed by atoms with van der Waals surface area (Å²) in [7, 11) is 0. The van der Waals surface area contributed by atoms with Gasteiger partial charge in [0.05, 0.1) is 0 Å². The summed E-state index contributed by atoms with van der Waals surface area (Å²) in [5, 5.41) is 0. The van der Waals surface area contributed by atoms with Gasteiger partial charge in [0, 0.05) is 22.3 Å². The minimum absolute atomic E-state index is 0.635. The van der Waals surface area contributed by atoms with Crippen LogP contribution in [0.25, 0.3) is 0 Å². The van der Waals surface area contributed by atoms with Crippen LogP contribution < -0.4 is 0 Å². The Kier molecular flexibility index (Phi) is 4.69. The van der Waals surface area contributed by atoms with Crippen molar-refractivity contribution in [3.63, 3.8) is 0 Å². The number of rotatable bonds is 2.